The first kappa shape index (κ1) is 18.2. The third-order valence-corrected chi connectivity index (χ3v) is 5.09. The van der Waals surface area contributed by atoms with E-state index in [1.54, 1.807) is 0 Å². The van der Waals surface area contributed by atoms with Gasteiger partial charge in [-0.15, -0.1) is 0 Å². The van der Waals surface area contributed by atoms with Crippen LogP contribution in [-0.2, 0) is 11.2 Å². The summed E-state index contributed by atoms with van der Waals surface area (Å²) < 4.78 is 0. The van der Waals surface area contributed by atoms with E-state index in [0.717, 1.165) is 48.2 Å². The number of anilines is 1. The van der Waals surface area contributed by atoms with Crippen LogP contribution in [0.15, 0.2) is 36.4 Å². The average Bonchev–Trinajstić information content (AvgIpc) is 3.14. The summed E-state index contributed by atoms with van der Waals surface area (Å²) in [6.07, 6.45) is 2.46. The van der Waals surface area contributed by atoms with Gasteiger partial charge in [-0.2, -0.15) is 0 Å². The van der Waals surface area contributed by atoms with E-state index in [9.17, 15) is 9.59 Å². The molecule has 3 rings (SSSR count). The van der Waals surface area contributed by atoms with Crippen LogP contribution in [-0.4, -0.2) is 29.8 Å². The van der Waals surface area contributed by atoms with E-state index in [4.69, 9.17) is 0 Å². The fraction of sp³-hybridized carbons (Fsp3) is 0.364. The van der Waals surface area contributed by atoms with Gasteiger partial charge in [-0.25, -0.2) is 0 Å². The quantitative estimate of drug-likeness (QED) is 0.905. The number of aryl methyl sites for hydroxylation is 2. The third kappa shape index (κ3) is 3.96. The van der Waals surface area contributed by atoms with Gasteiger partial charge < -0.3 is 10.2 Å². The normalized spacial score (nSPS) is 13.7. The monoisotopic (exact) mass is 350 g/mol. The maximum absolute atomic E-state index is 12.7. The molecule has 0 aromatic heterocycles. The van der Waals surface area contributed by atoms with Crippen molar-refractivity contribution in [1.29, 1.82) is 0 Å². The molecule has 1 saturated heterocycles. The summed E-state index contributed by atoms with van der Waals surface area (Å²) in [6.45, 7) is 7.58. The van der Waals surface area contributed by atoms with Crippen LogP contribution in [0.5, 0.6) is 0 Å². The van der Waals surface area contributed by atoms with Gasteiger partial charge in [0.2, 0.25) is 5.91 Å². The van der Waals surface area contributed by atoms with Crippen molar-refractivity contribution in [2.75, 3.05) is 18.4 Å². The molecule has 2 aromatic carbocycles. The zero-order chi connectivity index (χ0) is 18.7. The van der Waals surface area contributed by atoms with Crippen LogP contribution in [0.1, 0.15) is 45.5 Å². The standard InChI is InChI=1S/C22H26N2O2/c1-15-9-10-16(2)18(13-15)14-21(25)23-20-8-6-7-19(17(20)3)22(26)24-11-4-5-12-24/h6-10,13H,4-5,11-12,14H2,1-3H3,(H,23,25). The Bertz CT molecular complexity index is 836. The van der Waals surface area contributed by atoms with Crippen molar-refractivity contribution in [3.63, 3.8) is 0 Å². The predicted octanol–water partition coefficient (Wildman–Crippen LogP) is 4.03. The molecule has 0 unspecified atom stereocenters. The van der Waals surface area contributed by atoms with E-state index < -0.39 is 0 Å². The minimum absolute atomic E-state index is 0.0608. The molecule has 4 nitrogen and oxygen atoms in total. The minimum Gasteiger partial charge on any atom is -0.339 e. The molecule has 2 amide bonds. The van der Waals surface area contributed by atoms with Gasteiger partial charge in [-0.3, -0.25) is 9.59 Å². The molecular weight excluding hydrogens is 324 g/mol. The molecule has 26 heavy (non-hydrogen) atoms. The molecular formula is C22H26N2O2. The fourth-order valence-electron chi connectivity index (χ4n) is 3.45. The molecule has 0 spiro atoms. The maximum atomic E-state index is 12.7. The SMILES string of the molecule is Cc1ccc(C)c(CC(=O)Nc2cccc(C(=O)N3CCCC3)c2C)c1. The van der Waals surface area contributed by atoms with E-state index in [2.05, 4.69) is 11.4 Å². The minimum atomic E-state index is -0.0624. The van der Waals surface area contributed by atoms with Gasteiger partial charge >= 0.3 is 0 Å². The number of benzene rings is 2. The highest BCUT2D eigenvalue weighted by atomic mass is 16.2. The number of rotatable bonds is 4. The zero-order valence-corrected chi connectivity index (χ0v) is 15.8. The van der Waals surface area contributed by atoms with Crippen LogP contribution in [0, 0.1) is 20.8 Å². The molecule has 0 saturated carbocycles. The summed E-state index contributed by atoms with van der Waals surface area (Å²) in [4.78, 5) is 27.1. The van der Waals surface area contributed by atoms with Crippen molar-refractivity contribution < 1.29 is 9.59 Å². The molecule has 4 heteroatoms. The lowest BCUT2D eigenvalue weighted by Crippen LogP contribution is -2.28. The van der Waals surface area contributed by atoms with E-state index >= 15 is 0 Å². The molecule has 1 aliphatic heterocycles. The lowest BCUT2D eigenvalue weighted by Gasteiger charge is -2.18. The number of nitrogens with one attached hydrogen (secondary N) is 1. The van der Waals surface area contributed by atoms with Crippen LogP contribution < -0.4 is 5.32 Å². The number of likely N-dealkylation sites (tertiary alicyclic amines) is 1. The average molecular weight is 350 g/mol. The lowest BCUT2D eigenvalue weighted by atomic mass is 10.0. The Morgan fingerprint density at radius 2 is 1.77 bits per heavy atom. The van der Waals surface area contributed by atoms with Crippen LogP contribution >= 0.6 is 0 Å². The first-order valence-electron chi connectivity index (χ1n) is 9.20. The van der Waals surface area contributed by atoms with Gasteiger partial charge in [0.1, 0.15) is 0 Å². The second-order valence-electron chi connectivity index (χ2n) is 7.13. The lowest BCUT2D eigenvalue weighted by molar-refractivity contribution is -0.115. The first-order chi connectivity index (χ1) is 12.5. The maximum Gasteiger partial charge on any atom is 0.254 e. The Kier molecular flexibility index (Phi) is 5.40. The third-order valence-electron chi connectivity index (χ3n) is 5.09. The largest absolute Gasteiger partial charge is 0.339 e. The van der Waals surface area contributed by atoms with Gasteiger partial charge in [0.25, 0.3) is 5.91 Å². The van der Waals surface area contributed by atoms with Crippen molar-refractivity contribution in [3.8, 4) is 0 Å². The molecule has 1 heterocycles. The van der Waals surface area contributed by atoms with Crippen LogP contribution in [0.25, 0.3) is 0 Å². The second-order valence-corrected chi connectivity index (χ2v) is 7.13. The smallest absolute Gasteiger partial charge is 0.254 e. The number of carbonyl (C=O) groups is 2. The Balaban J connectivity index is 1.75. The summed E-state index contributed by atoms with van der Waals surface area (Å²) in [5, 5.41) is 2.98. The summed E-state index contributed by atoms with van der Waals surface area (Å²) in [6, 6.07) is 11.7. The van der Waals surface area contributed by atoms with Crippen LogP contribution in [0.3, 0.4) is 0 Å². The summed E-state index contributed by atoms with van der Waals surface area (Å²) in [5.74, 6) is -0.00167. The molecule has 0 aliphatic carbocycles. The molecule has 0 atom stereocenters. The predicted molar refractivity (Wildman–Crippen MR) is 105 cm³/mol. The Hall–Kier alpha value is -2.62. The van der Waals surface area contributed by atoms with Gasteiger partial charge in [0.15, 0.2) is 0 Å². The fourth-order valence-corrected chi connectivity index (χ4v) is 3.45. The number of amides is 2. The number of nitrogens with zero attached hydrogens (tertiary/aromatic N) is 1. The Morgan fingerprint density at radius 1 is 1.04 bits per heavy atom. The van der Waals surface area contributed by atoms with Crippen LogP contribution in [0.2, 0.25) is 0 Å². The van der Waals surface area contributed by atoms with E-state index in [-0.39, 0.29) is 11.8 Å². The highest BCUT2D eigenvalue weighted by molar-refractivity contribution is 5.99. The molecule has 2 aromatic rings. The molecule has 0 bridgehead atoms. The van der Waals surface area contributed by atoms with E-state index in [0.29, 0.717) is 17.7 Å². The Morgan fingerprint density at radius 3 is 2.50 bits per heavy atom. The molecule has 1 aliphatic rings. The number of hydrogen-bond donors (Lipinski definition) is 1. The molecule has 0 radical (unpaired) electrons. The van der Waals surface area contributed by atoms with Gasteiger partial charge in [0.05, 0.1) is 6.42 Å². The van der Waals surface area contributed by atoms with Gasteiger partial charge in [-0.1, -0.05) is 29.8 Å². The topological polar surface area (TPSA) is 49.4 Å². The Labute approximate surface area is 155 Å². The van der Waals surface area contributed by atoms with Crippen molar-refractivity contribution in [2.24, 2.45) is 0 Å². The van der Waals surface area contributed by atoms with Crippen molar-refractivity contribution in [3.05, 3.63) is 64.2 Å². The van der Waals surface area contributed by atoms with E-state index in [1.807, 2.05) is 56.0 Å². The summed E-state index contributed by atoms with van der Waals surface area (Å²) in [7, 11) is 0. The van der Waals surface area contributed by atoms with Crippen LogP contribution in [0.4, 0.5) is 5.69 Å². The molecule has 1 N–H and O–H groups in total. The zero-order valence-electron chi connectivity index (χ0n) is 15.8. The molecule has 1 fully saturated rings. The van der Waals surface area contributed by atoms with Crippen molar-refractivity contribution in [2.45, 2.75) is 40.0 Å². The van der Waals surface area contributed by atoms with Gasteiger partial charge in [-0.05, 0) is 62.4 Å². The summed E-state index contributed by atoms with van der Waals surface area (Å²) >= 11 is 0. The number of carbonyl (C=O) groups excluding carboxylic acids is 2. The number of hydrogen-bond acceptors (Lipinski definition) is 2. The summed E-state index contributed by atoms with van der Waals surface area (Å²) in [5.41, 5.74) is 5.51. The first-order valence-corrected chi connectivity index (χ1v) is 9.20. The van der Waals surface area contributed by atoms with Crippen molar-refractivity contribution in [1.82, 2.24) is 4.90 Å². The van der Waals surface area contributed by atoms with Gasteiger partial charge in [0, 0.05) is 24.3 Å². The second kappa shape index (κ2) is 7.73. The van der Waals surface area contributed by atoms with Crippen molar-refractivity contribution >= 4 is 17.5 Å². The highest BCUT2D eigenvalue weighted by Gasteiger charge is 2.22. The van der Waals surface area contributed by atoms with E-state index in [1.165, 1.54) is 0 Å². The molecule has 136 valence electrons. The highest BCUT2D eigenvalue weighted by Crippen LogP contribution is 2.22.